The lowest BCUT2D eigenvalue weighted by Crippen LogP contribution is -2.41. The van der Waals surface area contributed by atoms with Gasteiger partial charge in [0.15, 0.2) is 0 Å². The minimum absolute atomic E-state index is 0.0190. The van der Waals surface area contributed by atoms with E-state index < -0.39 is 0 Å². The number of thioether (sulfide) groups is 1. The highest BCUT2D eigenvalue weighted by atomic mass is 32.2. The van der Waals surface area contributed by atoms with Gasteiger partial charge in [-0.1, -0.05) is 18.9 Å². The number of likely N-dealkylation sites (tertiary alicyclic amines) is 1. The summed E-state index contributed by atoms with van der Waals surface area (Å²) >= 11 is 3.63. The van der Waals surface area contributed by atoms with Gasteiger partial charge in [-0.3, -0.25) is 4.79 Å². The largest absolute Gasteiger partial charge is 0.378 e. The number of ether oxygens (including phenoxy) is 1. The van der Waals surface area contributed by atoms with E-state index in [9.17, 15) is 4.79 Å². The highest BCUT2D eigenvalue weighted by Crippen LogP contribution is 2.53. The Morgan fingerprint density at radius 1 is 1.13 bits per heavy atom. The molecule has 0 bridgehead atoms. The predicted octanol–water partition coefficient (Wildman–Crippen LogP) is 4.52. The number of fused-ring (bicyclic) bond motifs is 2. The molecule has 1 amide bonds. The Labute approximate surface area is 232 Å². The summed E-state index contributed by atoms with van der Waals surface area (Å²) < 4.78 is 20.7. The second-order valence-electron chi connectivity index (χ2n) is 11.6. The number of hydrogen-bond acceptors (Lipinski definition) is 7. The molecule has 1 aromatic carbocycles. The van der Waals surface area contributed by atoms with E-state index in [1.165, 1.54) is 37.0 Å². The van der Waals surface area contributed by atoms with Crippen molar-refractivity contribution in [2.24, 2.45) is 17.8 Å². The molecular formula is C29H37FN4O2S2. The number of halogens is 1. The van der Waals surface area contributed by atoms with Gasteiger partial charge in [0.1, 0.15) is 5.82 Å². The molecule has 2 aromatic rings. The lowest BCUT2D eigenvalue weighted by atomic mass is 9.95. The van der Waals surface area contributed by atoms with E-state index >= 15 is 4.39 Å². The summed E-state index contributed by atoms with van der Waals surface area (Å²) in [5.41, 5.74) is 1.26. The predicted molar refractivity (Wildman–Crippen MR) is 153 cm³/mol. The van der Waals surface area contributed by atoms with E-state index in [1.807, 2.05) is 39.4 Å². The maximum Gasteiger partial charge on any atom is 0.268 e. The third-order valence-corrected chi connectivity index (χ3v) is 11.7. The average Bonchev–Trinajstić information content (AvgIpc) is 3.44. The van der Waals surface area contributed by atoms with E-state index in [0.717, 1.165) is 30.9 Å². The van der Waals surface area contributed by atoms with Gasteiger partial charge in [0.2, 0.25) is 0 Å². The number of benzene rings is 1. The molecule has 3 aliphatic heterocycles. The number of rotatable bonds is 7. The second-order valence-corrected chi connectivity index (χ2v) is 14.0. The molecule has 9 heteroatoms. The van der Waals surface area contributed by atoms with E-state index in [-0.39, 0.29) is 11.7 Å². The van der Waals surface area contributed by atoms with Gasteiger partial charge >= 0.3 is 0 Å². The zero-order valence-electron chi connectivity index (χ0n) is 21.8. The topological polar surface area (TPSA) is 48.1 Å². The number of morpholine rings is 1. The number of nitrogens with one attached hydrogen (secondary N) is 1. The molecule has 7 rings (SSSR count). The van der Waals surface area contributed by atoms with Crippen molar-refractivity contribution in [3.63, 3.8) is 0 Å². The van der Waals surface area contributed by atoms with Crippen LogP contribution in [-0.2, 0) is 4.74 Å². The third-order valence-electron chi connectivity index (χ3n) is 9.28. The Morgan fingerprint density at radius 3 is 2.68 bits per heavy atom. The van der Waals surface area contributed by atoms with E-state index in [0.29, 0.717) is 72.2 Å². The first kappa shape index (κ1) is 25.3. The maximum absolute atomic E-state index is 15.3. The second kappa shape index (κ2) is 10.7. The molecule has 4 heterocycles. The standard InChI is InChI=1S/C29H37FN4O2S2/c30-23-14-19(7-8-25(23)33-9-11-36-12-10-33)34(29(35)27-6-3-13-37-27)17-22-20-15-32(16-21(20)22)18-28-31-24-4-1-2-5-26(24)38-28/h3,6-8,13-14,20-22,24,26,28,31H,1-2,4-5,9-12,15-18H2. The molecule has 1 N–H and O–H groups in total. The highest BCUT2D eigenvalue weighted by molar-refractivity contribution is 8.00. The number of nitrogens with zero attached hydrogens (tertiary/aromatic N) is 3. The van der Waals surface area contributed by atoms with Gasteiger partial charge in [-0.25, -0.2) is 4.39 Å². The first-order valence-electron chi connectivity index (χ1n) is 14.3. The first-order valence-corrected chi connectivity index (χ1v) is 16.1. The summed E-state index contributed by atoms with van der Waals surface area (Å²) in [5, 5.41) is 7.20. The van der Waals surface area contributed by atoms with Crippen LogP contribution < -0.4 is 15.1 Å². The summed E-state index contributed by atoms with van der Waals surface area (Å²) in [6.07, 6.45) is 5.47. The van der Waals surface area contributed by atoms with Gasteiger partial charge in [-0.2, -0.15) is 0 Å². The fourth-order valence-corrected chi connectivity index (χ4v) is 9.55. The highest BCUT2D eigenvalue weighted by Gasteiger charge is 2.56. The summed E-state index contributed by atoms with van der Waals surface area (Å²) in [6, 6.07) is 9.82. The van der Waals surface area contributed by atoms with Crippen LogP contribution in [0.15, 0.2) is 35.7 Å². The van der Waals surface area contributed by atoms with Crippen molar-refractivity contribution < 1.29 is 13.9 Å². The Bertz CT molecular complexity index is 1120. The number of carbonyl (C=O) groups is 1. The summed E-state index contributed by atoms with van der Waals surface area (Å²) in [4.78, 5) is 20.8. The van der Waals surface area contributed by atoms with E-state index in [2.05, 4.69) is 22.0 Å². The third kappa shape index (κ3) is 5.01. The minimum Gasteiger partial charge on any atom is -0.378 e. The lowest BCUT2D eigenvalue weighted by molar-refractivity contribution is 0.0988. The van der Waals surface area contributed by atoms with Crippen LogP contribution in [0.1, 0.15) is 35.4 Å². The Kier molecular flexibility index (Phi) is 7.15. The van der Waals surface area contributed by atoms with Gasteiger partial charge in [0.05, 0.1) is 29.2 Å². The SMILES string of the molecule is O=C(c1cccs1)N(CC1C2CN(CC3NC4CCCCC4S3)CC21)c1ccc(N2CCOCC2)c(F)c1. The molecule has 2 saturated carbocycles. The van der Waals surface area contributed by atoms with Crippen molar-refractivity contribution in [2.45, 2.75) is 42.3 Å². The monoisotopic (exact) mass is 556 g/mol. The first-order chi connectivity index (χ1) is 18.6. The Hall–Kier alpha value is -1.65. The van der Waals surface area contributed by atoms with Crippen molar-refractivity contribution in [3.05, 3.63) is 46.4 Å². The Balaban J connectivity index is 1.01. The fraction of sp³-hybridized carbons (Fsp3) is 0.621. The minimum atomic E-state index is -0.266. The zero-order valence-corrected chi connectivity index (χ0v) is 23.4. The lowest BCUT2D eigenvalue weighted by Gasteiger charge is -2.30. The number of hydrogen-bond donors (Lipinski definition) is 1. The molecule has 0 spiro atoms. The molecule has 3 saturated heterocycles. The number of amides is 1. The van der Waals surface area contributed by atoms with Crippen LogP contribution in [0.5, 0.6) is 0 Å². The molecule has 5 fully saturated rings. The zero-order chi connectivity index (χ0) is 25.6. The number of piperidine rings is 1. The normalized spacial score (nSPS) is 32.7. The van der Waals surface area contributed by atoms with Crippen molar-refractivity contribution in [1.29, 1.82) is 0 Å². The van der Waals surface area contributed by atoms with Crippen LogP contribution in [0.25, 0.3) is 0 Å². The molecule has 0 radical (unpaired) electrons. The van der Waals surface area contributed by atoms with E-state index in [1.54, 1.807) is 6.07 Å². The van der Waals surface area contributed by atoms with Crippen LogP contribution >= 0.6 is 23.1 Å². The number of carbonyl (C=O) groups excluding carboxylic acids is 1. The molecule has 5 atom stereocenters. The Morgan fingerprint density at radius 2 is 1.95 bits per heavy atom. The number of anilines is 2. The number of thiophene rings is 1. The smallest absolute Gasteiger partial charge is 0.268 e. The van der Waals surface area contributed by atoms with Crippen LogP contribution in [0.2, 0.25) is 0 Å². The fourth-order valence-electron chi connectivity index (χ4n) is 7.20. The van der Waals surface area contributed by atoms with Crippen molar-refractivity contribution in [1.82, 2.24) is 10.2 Å². The quantitative estimate of drug-likeness (QED) is 0.541. The van der Waals surface area contributed by atoms with Crippen LogP contribution in [-0.4, -0.2) is 80.0 Å². The van der Waals surface area contributed by atoms with Crippen LogP contribution in [0, 0.1) is 23.6 Å². The van der Waals surface area contributed by atoms with Gasteiger partial charge < -0.3 is 24.8 Å². The molecule has 1 aromatic heterocycles. The van der Waals surface area contributed by atoms with Crippen molar-refractivity contribution in [3.8, 4) is 0 Å². The molecule has 6 nitrogen and oxygen atoms in total. The molecule has 5 aliphatic rings. The van der Waals surface area contributed by atoms with Gasteiger partial charge in [0, 0.05) is 56.2 Å². The molecule has 5 unspecified atom stereocenters. The summed E-state index contributed by atoms with van der Waals surface area (Å²) in [5.74, 6) is 1.48. The molecule has 2 aliphatic carbocycles. The maximum atomic E-state index is 15.3. The van der Waals surface area contributed by atoms with Crippen molar-refractivity contribution in [2.75, 3.05) is 62.3 Å². The van der Waals surface area contributed by atoms with E-state index in [4.69, 9.17) is 4.74 Å². The van der Waals surface area contributed by atoms with Crippen molar-refractivity contribution >= 4 is 40.4 Å². The van der Waals surface area contributed by atoms with Crippen LogP contribution in [0.3, 0.4) is 0 Å². The van der Waals surface area contributed by atoms with Gasteiger partial charge in [0.25, 0.3) is 5.91 Å². The molecule has 38 heavy (non-hydrogen) atoms. The molecular weight excluding hydrogens is 519 g/mol. The average molecular weight is 557 g/mol. The summed E-state index contributed by atoms with van der Waals surface area (Å²) in [7, 11) is 0. The molecule has 204 valence electrons. The van der Waals surface area contributed by atoms with Gasteiger partial charge in [-0.15, -0.1) is 23.1 Å². The summed E-state index contributed by atoms with van der Waals surface area (Å²) in [6.45, 7) is 6.63. The van der Waals surface area contributed by atoms with Crippen LogP contribution in [0.4, 0.5) is 15.8 Å². The van der Waals surface area contributed by atoms with Gasteiger partial charge in [-0.05, 0) is 60.2 Å².